The van der Waals surface area contributed by atoms with Crippen molar-refractivity contribution in [3.05, 3.63) is 67.8 Å². The molecular weight excluding hydrogens is 292 g/mol. The van der Waals surface area contributed by atoms with E-state index in [1.165, 1.54) is 36.0 Å². The van der Waals surface area contributed by atoms with Gasteiger partial charge in [-0.25, -0.2) is 0 Å². The molecule has 0 aliphatic rings. The second kappa shape index (κ2) is 5.92. The second-order valence-electron chi connectivity index (χ2n) is 4.52. The molecule has 0 aliphatic heterocycles. The zero-order valence-corrected chi connectivity index (χ0v) is 12.2. The van der Waals surface area contributed by atoms with E-state index >= 15 is 0 Å². The van der Waals surface area contributed by atoms with Gasteiger partial charge in [0, 0.05) is 34.1 Å². The lowest BCUT2D eigenvalue weighted by molar-refractivity contribution is -0.385. The van der Waals surface area contributed by atoms with Crippen molar-refractivity contribution < 1.29 is 9.85 Å². The fraction of sp³-hybridized carbons (Fsp3) is 0.143. The molecule has 0 saturated heterocycles. The van der Waals surface area contributed by atoms with E-state index < -0.39 is 9.85 Å². The van der Waals surface area contributed by atoms with E-state index in [1.54, 1.807) is 12.1 Å². The number of non-ortho nitro benzene ring substituents is 2. The van der Waals surface area contributed by atoms with Crippen LogP contribution in [0.1, 0.15) is 11.1 Å². The average Bonchev–Trinajstić information content (AvgIpc) is 2.43. The van der Waals surface area contributed by atoms with E-state index in [1.807, 2.05) is 13.8 Å². The molecule has 0 atom stereocenters. The summed E-state index contributed by atoms with van der Waals surface area (Å²) in [6.45, 7) is 3.69. The Morgan fingerprint density at radius 3 is 1.52 bits per heavy atom. The summed E-state index contributed by atoms with van der Waals surface area (Å²) in [6, 6.07) is 9.20. The number of hydrogen-bond acceptors (Lipinski definition) is 5. The van der Waals surface area contributed by atoms with Crippen molar-refractivity contribution in [2.45, 2.75) is 23.6 Å². The monoisotopic (exact) mass is 304 g/mol. The minimum absolute atomic E-state index is 0.00573. The van der Waals surface area contributed by atoms with Crippen LogP contribution < -0.4 is 0 Å². The molecule has 0 radical (unpaired) electrons. The molecule has 6 nitrogen and oxygen atoms in total. The summed E-state index contributed by atoms with van der Waals surface area (Å²) >= 11 is 1.30. The lowest BCUT2D eigenvalue weighted by atomic mass is 10.2. The molecule has 2 rings (SSSR count). The van der Waals surface area contributed by atoms with Gasteiger partial charge in [-0.1, -0.05) is 23.9 Å². The highest BCUT2D eigenvalue weighted by atomic mass is 32.2. The quantitative estimate of drug-likeness (QED) is 0.621. The number of hydrogen-bond donors (Lipinski definition) is 0. The number of aryl methyl sites for hydroxylation is 2. The van der Waals surface area contributed by atoms with Crippen LogP contribution in [0, 0.1) is 34.1 Å². The SMILES string of the molecule is Cc1ccc([N+](=O)[O-])cc1Sc1cc([N+](=O)[O-])ccc1C. The molecule has 108 valence electrons. The predicted molar refractivity (Wildman–Crippen MR) is 79.8 cm³/mol. The molecule has 0 heterocycles. The molecule has 0 bridgehead atoms. The lowest BCUT2D eigenvalue weighted by Gasteiger charge is -2.08. The highest BCUT2D eigenvalue weighted by Gasteiger charge is 2.13. The normalized spacial score (nSPS) is 10.4. The first kappa shape index (κ1) is 15.0. The van der Waals surface area contributed by atoms with Gasteiger partial charge in [0.1, 0.15) is 0 Å². The van der Waals surface area contributed by atoms with E-state index in [0.29, 0.717) is 9.79 Å². The van der Waals surface area contributed by atoms with E-state index in [0.717, 1.165) is 11.1 Å². The summed E-state index contributed by atoms with van der Waals surface area (Å²) in [7, 11) is 0. The molecule has 2 aromatic rings. The topological polar surface area (TPSA) is 86.3 Å². The van der Waals surface area contributed by atoms with Crippen LogP contribution in [-0.4, -0.2) is 9.85 Å². The van der Waals surface area contributed by atoms with Crippen LogP contribution in [0.15, 0.2) is 46.2 Å². The van der Waals surface area contributed by atoms with Crippen LogP contribution in [0.3, 0.4) is 0 Å². The molecule has 2 aromatic carbocycles. The highest BCUT2D eigenvalue weighted by molar-refractivity contribution is 7.99. The molecule has 0 aromatic heterocycles. The van der Waals surface area contributed by atoms with Crippen molar-refractivity contribution in [1.29, 1.82) is 0 Å². The smallest absolute Gasteiger partial charge is 0.258 e. The molecule has 0 spiro atoms. The van der Waals surface area contributed by atoms with Gasteiger partial charge in [-0.3, -0.25) is 20.2 Å². The fourth-order valence-corrected chi connectivity index (χ4v) is 2.80. The van der Waals surface area contributed by atoms with E-state index in [-0.39, 0.29) is 11.4 Å². The Labute approximate surface area is 125 Å². The molecule has 21 heavy (non-hydrogen) atoms. The van der Waals surface area contributed by atoms with Gasteiger partial charge in [0.15, 0.2) is 0 Å². The summed E-state index contributed by atoms with van der Waals surface area (Å²) < 4.78 is 0. The van der Waals surface area contributed by atoms with Crippen LogP contribution in [0.4, 0.5) is 11.4 Å². The minimum Gasteiger partial charge on any atom is -0.258 e. The number of nitrogens with zero attached hydrogens (tertiary/aromatic N) is 2. The van der Waals surface area contributed by atoms with E-state index in [4.69, 9.17) is 0 Å². The molecule has 0 aliphatic carbocycles. The van der Waals surface area contributed by atoms with Crippen LogP contribution in [-0.2, 0) is 0 Å². The predicted octanol–water partition coefficient (Wildman–Crippen LogP) is 4.27. The van der Waals surface area contributed by atoms with Gasteiger partial charge in [0.2, 0.25) is 0 Å². The molecule has 0 amide bonds. The van der Waals surface area contributed by atoms with Gasteiger partial charge >= 0.3 is 0 Å². The number of nitro benzene ring substituents is 2. The first-order valence-corrected chi connectivity index (χ1v) is 6.88. The van der Waals surface area contributed by atoms with Crippen LogP contribution in [0.2, 0.25) is 0 Å². The second-order valence-corrected chi connectivity index (χ2v) is 5.60. The third-order valence-corrected chi connectivity index (χ3v) is 4.30. The van der Waals surface area contributed by atoms with Crippen LogP contribution in [0.5, 0.6) is 0 Å². The molecule has 0 unspecified atom stereocenters. The summed E-state index contributed by atoms with van der Waals surface area (Å²) in [6.07, 6.45) is 0. The van der Waals surface area contributed by atoms with Gasteiger partial charge in [-0.15, -0.1) is 0 Å². The number of nitro groups is 2. The zero-order chi connectivity index (χ0) is 15.6. The number of benzene rings is 2. The molecule has 0 saturated carbocycles. The standard InChI is InChI=1S/C14H12N2O4S/c1-9-3-5-11(15(17)18)7-13(9)21-14-8-12(16(19)20)6-4-10(14)2/h3-8H,1-2H3. The summed E-state index contributed by atoms with van der Waals surface area (Å²) in [4.78, 5) is 22.2. The van der Waals surface area contributed by atoms with Crippen LogP contribution in [0.25, 0.3) is 0 Å². The van der Waals surface area contributed by atoms with Crippen molar-refractivity contribution >= 4 is 23.1 Å². The van der Waals surface area contributed by atoms with Gasteiger partial charge in [0.25, 0.3) is 11.4 Å². The Hall–Kier alpha value is -2.41. The highest BCUT2D eigenvalue weighted by Crippen LogP contribution is 2.36. The van der Waals surface area contributed by atoms with Crippen LogP contribution >= 0.6 is 11.8 Å². The van der Waals surface area contributed by atoms with Gasteiger partial charge in [-0.05, 0) is 25.0 Å². The third-order valence-electron chi connectivity index (χ3n) is 2.99. The van der Waals surface area contributed by atoms with Crippen molar-refractivity contribution in [3.8, 4) is 0 Å². The summed E-state index contributed by atoms with van der Waals surface area (Å²) in [5.74, 6) is 0. The van der Waals surface area contributed by atoms with Crippen molar-refractivity contribution in [2.75, 3.05) is 0 Å². The van der Waals surface area contributed by atoms with E-state index in [9.17, 15) is 20.2 Å². The van der Waals surface area contributed by atoms with Gasteiger partial charge < -0.3 is 0 Å². The van der Waals surface area contributed by atoms with Gasteiger partial charge in [-0.2, -0.15) is 0 Å². The van der Waals surface area contributed by atoms with Gasteiger partial charge in [0.05, 0.1) is 9.85 Å². The Kier molecular flexibility index (Phi) is 4.23. The maximum absolute atomic E-state index is 10.8. The first-order chi connectivity index (χ1) is 9.88. The fourth-order valence-electron chi connectivity index (χ4n) is 1.74. The average molecular weight is 304 g/mol. The number of rotatable bonds is 4. The summed E-state index contributed by atoms with van der Waals surface area (Å²) in [5, 5.41) is 21.7. The Morgan fingerprint density at radius 2 is 1.19 bits per heavy atom. The molecule has 0 fully saturated rings. The Morgan fingerprint density at radius 1 is 0.810 bits per heavy atom. The Balaban J connectivity index is 2.42. The molecule has 7 heteroatoms. The molecular formula is C14H12N2O4S. The maximum Gasteiger partial charge on any atom is 0.270 e. The summed E-state index contributed by atoms with van der Waals surface area (Å²) in [5.41, 5.74) is 1.78. The van der Waals surface area contributed by atoms with E-state index in [2.05, 4.69) is 0 Å². The Bertz CT molecular complexity index is 669. The van der Waals surface area contributed by atoms with Crippen molar-refractivity contribution in [1.82, 2.24) is 0 Å². The molecule has 0 N–H and O–H groups in total. The minimum atomic E-state index is -0.455. The lowest BCUT2D eigenvalue weighted by Crippen LogP contribution is -1.91. The van der Waals surface area contributed by atoms with Crippen molar-refractivity contribution in [2.24, 2.45) is 0 Å². The zero-order valence-electron chi connectivity index (χ0n) is 11.4. The maximum atomic E-state index is 10.8. The third kappa shape index (κ3) is 3.38. The van der Waals surface area contributed by atoms with Crippen molar-refractivity contribution in [3.63, 3.8) is 0 Å². The largest absolute Gasteiger partial charge is 0.270 e. The first-order valence-electron chi connectivity index (χ1n) is 6.06.